The van der Waals surface area contributed by atoms with E-state index in [1.807, 2.05) is 36.4 Å². The number of nitrogens with two attached hydrogens (primary N) is 1. The van der Waals surface area contributed by atoms with E-state index in [9.17, 15) is 0 Å². The van der Waals surface area contributed by atoms with Crippen molar-refractivity contribution in [3.05, 3.63) is 59.9 Å². The summed E-state index contributed by atoms with van der Waals surface area (Å²) in [5, 5.41) is 0. The highest BCUT2D eigenvalue weighted by Gasteiger charge is 2.15. The molecular formula is C17H19N3O. The quantitative estimate of drug-likeness (QED) is 0.756. The second-order valence-corrected chi connectivity index (χ2v) is 5.12. The van der Waals surface area contributed by atoms with Crippen LogP contribution in [0.4, 0.5) is 0 Å². The van der Waals surface area contributed by atoms with Crippen LogP contribution < -0.4 is 10.5 Å². The number of aromatic nitrogens is 2. The molecule has 0 bridgehead atoms. The molecule has 1 atom stereocenters. The van der Waals surface area contributed by atoms with Gasteiger partial charge in [-0.2, -0.15) is 0 Å². The van der Waals surface area contributed by atoms with Gasteiger partial charge in [0, 0.05) is 12.5 Å². The number of H-pyrrole nitrogens is 1. The minimum atomic E-state index is 0.186. The van der Waals surface area contributed by atoms with Crippen LogP contribution in [-0.4, -0.2) is 23.6 Å². The van der Waals surface area contributed by atoms with Crippen LogP contribution in [0.2, 0.25) is 0 Å². The Kier molecular flexibility index (Phi) is 3.88. The maximum absolute atomic E-state index is 5.95. The van der Waals surface area contributed by atoms with Crippen LogP contribution in [-0.2, 0) is 6.42 Å². The van der Waals surface area contributed by atoms with E-state index in [1.54, 1.807) is 7.11 Å². The Labute approximate surface area is 124 Å². The molecule has 0 aliphatic heterocycles. The van der Waals surface area contributed by atoms with Gasteiger partial charge in [-0.25, -0.2) is 4.98 Å². The first kappa shape index (κ1) is 13.6. The lowest BCUT2D eigenvalue weighted by molar-refractivity contribution is 0.414. The van der Waals surface area contributed by atoms with Crippen LogP contribution in [0.25, 0.3) is 11.0 Å². The van der Waals surface area contributed by atoms with Crippen LogP contribution in [0.3, 0.4) is 0 Å². The number of nitrogens with one attached hydrogen (secondary N) is 1. The topological polar surface area (TPSA) is 63.9 Å². The standard InChI is InChI=1S/C17H19N3O/c1-21-14-8-6-12(7-9-14)10-13(11-18)17-19-15-4-2-3-5-16(15)20-17/h2-9,13H,10-11,18H2,1H3,(H,19,20). The molecule has 3 aromatic rings. The Balaban J connectivity index is 1.83. The number of fused-ring (bicyclic) bond motifs is 1. The van der Waals surface area contributed by atoms with Gasteiger partial charge in [-0.1, -0.05) is 24.3 Å². The number of hydrogen-bond donors (Lipinski definition) is 2. The Bertz CT molecular complexity index is 685. The summed E-state index contributed by atoms with van der Waals surface area (Å²) in [7, 11) is 1.67. The van der Waals surface area contributed by atoms with E-state index in [1.165, 1.54) is 5.56 Å². The molecule has 0 spiro atoms. The summed E-state index contributed by atoms with van der Waals surface area (Å²) in [5.41, 5.74) is 9.22. The van der Waals surface area contributed by atoms with Crippen molar-refractivity contribution < 1.29 is 4.74 Å². The molecule has 3 rings (SSSR count). The van der Waals surface area contributed by atoms with Gasteiger partial charge in [-0.3, -0.25) is 0 Å². The number of para-hydroxylation sites is 2. The minimum absolute atomic E-state index is 0.186. The first-order valence-corrected chi connectivity index (χ1v) is 7.08. The second kappa shape index (κ2) is 5.97. The average molecular weight is 281 g/mol. The Morgan fingerprint density at radius 1 is 1.14 bits per heavy atom. The minimum Gasteiger partial charge on any atom is -0.497 e. The molecule has 1 heterocycles. The summed E-state index contributed by atoms with van der Waals surface area (Å²) in [6.45, 7) is 0.561. The molecule has 2 aromatic carbocycles. The molecule has 21 heavy (non-hydrogen) atoms. The van der Waals surface area contributed by atoms with Gasteiger partial charge >= 0.3 is 0 Å². The van der Waals surface area contributed by atoms with Crippen molar-refractivity contribution in [3.8, 4) is 5.75 Å². The van der Waals surface area contributed by atoms with E-state index in [2.05, 4.69) is 22.1 Å². The van der Waals surface area contributed by atoms with Crippen LogP contribution in [0, 0.1) is 0 Å². The predicted octanol–water partition coefficient (Wildman–Crippen LogP) is 2.86. The highest BCUT2D eigenvalue weighted by atomic mass is 16.5. The van der Waals surface area contributed by atoms with Crippen molar-refractivity contribution in [1.29, 1.82) is 0 Å². The summed E-state index contributed by atoms with van der Waals surface area (Å²) >= 11 is 0. The normalized spacial score (nSPS) is 12.5. The number of hydrogen-bond acceptors (Lipinski definition) is 3. The van der Waals surface area contributed by atoms with Gasteiger partial charge in [0.25, 0.3) is 0 Å². The van der Waals surface area contributed by atoms with Crippen molar-refractivity contribution >= 4 is 11.0 Å². The van der Waals surface area contributed by atoms with E-state index in [0.717, 1.165) is 29.0 Å². The van der Waals surface area contributed by atoms with Crippen LogP contribution in [0.5, 0.6) is 5.75 Å². The zero-order valence-electron chi connectivity index (χ0n) is 12.0. The molecule has 0 amide bonds. The number of ether oxygens (including phenoxy) is 1. The Hall–Kier alpha value is -2.33. The predicted molar refractivity (Wildman–Crippen MR) is 84.6 cm³/mol. The van der Waals surface area contributed by atoms with Crippen molar-refractivity contribution in [3.63, 3.8) is 0 Å². The lowest BCUT2D eigenvalue weighted by Gasteiger charge is -2.12. The van der Waals surface area contributed by atoms with Crippen LogP contribution >= 0.6 is 0 Å². The molecule has 4 nitrogen and oxygen atoms in total. The molecule has 0 radical (unpaired) electrons. The van der Waals surface area contributed by atoms with Gasteiger partial charge in [0.15, 0.2) is 0 Å². The first-order chi connectivity index (χ1) is 10.3. The number of aromatic amines is 1. The monoisotopic (exact) mass is 281 g/mol. The van der Waals surface area contributed by atoms with Crippen molar-refractivity contribution in [1.82, 2.24) is 9.97 Å². The molecule has 0 aliphatic carbocycles. The maximum atomic E-state index is 5.95. The smallest absolute Gasteiger partial charge is 0.118 e. The van der Waals surface area contributed by atoms with E-state index in [-0.39, 0.29) is 5.92 Å². The largest absolute Gasteiger partial charge is 0.497 e. The summed E-state index contributed by atoms with van der Waals surface area (Å²) in [6.07, 6.45) is 0.861. The van der Waals surface area contributed by atoms with E-state index >= 15 is 0 Å². The van der Waals surface area contributed by atoms with Gasteiger partial charge in [0.05, 0.1) is 18.1 Å². The van der Waals surface area contributed by atoms with Crippen LogP contribution in [0.1, 0.15) is 17.3 Å². The molecular weight excluding hydrogens is 262 g/mol. The van der Waals surface area contributed by atoms with E-state index < -0.39 is 0 Å². The number of methoxy groups -OCH3 is 1. The fourth-order valence-electron chi connectivity index (χ4n) is 2.50. The first-order valence-electron chi connectivity index (χ1n) is 7.08. The summed E-state index contributed by atoms with van der Waals surface area (Å²) in [4.78, 5) is 8.03. The zero-order chi connectivity index (χ0) is 14.7. The summed E-state index contributed by atoms with van der Waals surface area (Å²) < 4.78 is 5.18. The van der Waals surface area contributed by atoms with Crippen LogP contribution in [0.15, 0.2) is 48.5 Å². The summed E-state index contributed by atoms with van der Waals surface area (Å²) in [6, 6.07) is 16.1. The highest BCUT2D eigenvalue weighted by molar-refractivity contribution is 5.74. The fourth-order valence-corrected chi connectivity index (χ4v) is 2.50. The number of benzene rings is 2. The second-order valence-electron chi connectivity index (χ2n) is 5.12. The average Bonchev–Trinajstić information content (AvgIpc) is 2.97. The molecule has 0 fully saturated rings. The molecule has 1 aromatic heterocycles. The molecule has 1 unspecified atom stereocenters. The number of rotatable bonds is 5. The van der Waals surface area contributed by atoms with Gasteiger partial charge in [-0.15, -0.1) is 0 Å². The Morgan fingerprint density at radius 2 is 1.90 bits per heavy atom. The number of nitrogens with zero attached hydrogens (tertiary/aromatic N) is 1. The van der Waals surface area contributed by atoms with Gasteiger partial charge in [0.2, 0.25) is 0 Å². The molecule has 108 valence electrons. The molecule has 3 N–H and O–H groups in total. The lowest BCUT2D eigenvalue weighted by atomic mass is 9.99. The maximum Gasteiger partial charge on any atom is 0.118 e. The molecule has 0 saturated carbocycles. The lowest BCUT2D eigenvalue weighted by Crippen LogP contribution is -2.16. The molecule has 0 aliphatic rings. The van der Waals surface area contributed by atoms with Gasteiger partial charge in [-0.05, 0) is 36.2 Å². The van der Waals surface area contributed by atoms with Crippen molar-refractivity contribution in [2.24, 2.45) is 5.73 Å². The SMILES string of the molecule is COc1ccc(CC(CN)c2nc3ccccc3[nH]2)cc1. The highest BCUT2D eigenvalue weighted by Crippen LogP contribution is 2.22. The zero-order valence-corrected chi connectivity index (χ0v) is 12.0. The third kappa shape index (κ3) is 2.90. The van der Waals surface area contributed by atoms with Crippen molar-refractivity contribution in [2.45, 2.75) is 12.3 Å². The third-order valence-corrected chi connectivity index (χ3v) is 3.72. The summed E-state index contributed by atoms with van der Waals surface area (Å²) in [5.74, 6) is 2.01. The molecule has 0 saturated heterocycles. The van der Waals surface area contributed by atoms with Gasteiger partial charge < -0.3 is 15.5 Å². The Morgan fingerprint density at radius 3 is 2.57 bits per heavy atom. The van der Waals surface area contributed by atoms with E-state index in [0.29, 0.717) is 6.54 Å². The fraction of sp³-hybridized carbons (Fsp3) is 0.235. The van der Waals surface area contributed by atoms with Crippen molar-refractivity contribution in [2.75, 3.05) is 13.7 Å². The van der Waals surface area contributed by atoms with Gasteiger partial charge in [0.1, 0.15) is 11.6 Å². The van der Waals surface area contributed by atoms with E-state index in [4.69, 9.17) is 10.5 Å². The molecule has 4 heteroatoms. The number of imidazole rings is 1. The third-order valence-electron chi connectivity index (χ3n) is 3.72.